The molecule has 0 bridgehead atoms. The number of thiocarbonyl (C=S) groups is 1. The molecule has 2 amide bonds. The summed E-state index contributed by atoms with van der Waals surface area (Å²) in [5.74, 6) is -0.0697. The Morgan fingerprint density at radius 2 is 1.74 bits per heavy atom. The van der Waals surface area contributed by atoms with E-state index in [-0.39, 0.29) is 17.4 Å². The van der Waals surface area contributed by atoms with Crippen molar-refractivity contribution in [2.75, 3.05) is 0 Å². The third kappa shape index (κ3) is 6.71. The monoisotopic (exact) mass is 385 g/mol. The van der Waals surface area contributed by atoms with Crippen LogP contribution in [0.5, 0.6) is 5.75 Å². The first-order valence-electron chi connectivity index (χ1n) is 8.52. The van der Waals surface area contributed by atoms with Crippen LogP contribution < -0.4 is 20.9 Å². The van der Waals surface area contributed by atoms with E-state index in [1.165, 1.54) is 0 Å². The summed E-state index contributed by atoms with van der Waals surface area (Å²) in [6.07, 6.45) is -0.537. The van der Waals surface area contributed by atoms with Gasteiger partial charge in [-0.05, 0) is 61.8 Å². The molecule has 2 aromatic carbocycles. The predicted octanol–water partition coefficient (Wildman–Crippen LogP) is 2.34. The molecule has 0 aliphatic rings. The second-order valence-electron chi connectivity index (χ2n) is 6.16. The van der Waals surface area contributed by atoms with Crippen LogP contribution in [0, 0.1) is 13.8 Å². The number of hydrogen-bond donors (Lipinski definition) is 3. The molecule has 0 aromatic heterocycles. The van der Waals surface area contributed by atoms with E-state index in [4.69, 9.17) is 17.0 Å². The number of carbonyl (C=O) groups excluding carboxylic acids is 2. The third-order valence-electron chi connectivity index (χ3n) is 3.92. The van der Waals surface area contributed by atoms with Gasteiger partial charge >= 0.3 is 0 Å². The lowest BCUT2D eigenvalue weighted by atomic mass is 10.1. The molecule has 1 unspecified atom stereocenters. The van der Waals surface area contributed by atoms with Gasteiger partial charge in [-0.25, -0.2) is 0 Å². The van der Waals surface area contributed by atoms with E-state index in [1.807, 2.05) is 62.4 Å². The van der Waals surface area contributed by atoms with E-state index in [1.54, 1.807) is 6.92 Å². The SMILES string of the molecule is Cc1ccc(OC(C)C(=O)NNC(=S)NC(=O)Cc2ccccc2)cc1C. The molecule has 2 aromatic rings. The molecule has 0 saturated heterocycles. The molecule has 0 heterocycles. The Bertz CT molecular complexity index is 824. The zero-order valence-electron chi connectivity index (χ0n) is 15.5. The van der Waals surface area contributed by atoms with E-state index >= 15 is 0 Å². The van der Waals surface area contributed by atoms with Gasteiger partial charge < -0.3 is 10.1 Å². The van der Waals surface area contributed by atoms with Gasteiger partial charge in [0.05, 0.1) is 6.42 Å². The summed E-state index contributed by atoms with van der Waals surface area (Å²) in [7, 11) is 0. The number of aryl methyl sites for hydroxylation is 2. The summed E-state index contributed by atoms with van der Waals surface area (Å²) in [5, 5.41) is 2.53. The zero-order chi connectivity index (χ0) is 19.8. The van der Waals surface area contributed by atoms with Gasteiger partial charge in [0.2, 0.25) is 5.91 Å². The molecule has 6 nitrogen and oxygen atoms in total. The lowest BCUT2D eigenvalue weighted by molar-refractivity contribution is -0.128. The average molecular weight is 385 g/mol. The number of ether oxygens (including phenoxy) is 1. The molecule has 1 atom stereocenters. The molecule has 0 spiro atoms. The minimum atomic E-state index is -0.734. The average Bonchev–Trinajstić information content (AvgIpc) is 2.63. The predicted molar refractivity (Wildman–Crippen MR) is 108 cm³/mol. The minimum absolute atomic E-state index is 0.0164. The van der Waals surface area contributed by atoms with Crippen molar-refractivity contribution in [3.8, 4) is 5.75 Å². The van der Waals surface area contributed by atoms with E-state index in [9.17, 15) is 9.59 Å². The molecule has 7 heteroatoms. The van der Waals surface area contributed by atoms with Gasteiger partial charge in [0, 0.05) is 0 Å². The minimum Gasteiger partial charge on any atom is -0.481 e. The van der Waals surface area contributed by atoms with Gasteiger partial charge in [0.15, 0.2) is 11.2 Å². The van der Waals surface area contributed by atoms with Crippen molar-refractivity contribution in [1.82, 2.24) is 16.2 Å². The molecular formula is C20H23N3O3S. The second-order valence-corrected chi connectivity index (χ2v) is 6.57. The summed E-state index contributed by atoms with van der Waals surface area (Å²) in [4.78, 5) is 24.0. The van der Waals surface area contributed by atoms with Crippen LogP contribution in [0.3, 0.4) is 0 Å². The quantitative estimate of drug-likeness (QED) is 0.544. The van der Waals surface area contributed by atoms with Crippen molar-refractivity contribution in [2.45, 2.75) is 33.3 Å². The zero-order valence-corrected chi connectivity index (χ0v) is 16.4. The van der Waals surface area contributed by atoms with Crippen molar-refractivity contribution >= 4 is 29.1 Å². The summed E-state index contributed by atoms with van der Waals surface area (Å²) >= 11 is 5.01. The van der Waals surface area contributed by atoms with Gasteiger partial charge in [-0.3, -0.25) is 20.4 Å². The van der Waals surface area contributed by atoms with Gasteiger partial charge in [0.1, 0.15) is 5.75 Å². The Morgan fingerprint density at radius 1 is 1.04 bits per heavy atom. The fourth-order valence-electron chi connectivity index (χ4n) is 2.25. The molecule has 142 valence electrons. The fraction of sp³-hybridized carbons (Fsp3) is 0.250. The van der Waals surface area contributed by atoms with Crippen LogP contribution in [0.15, 0.2) is 48.5 Å². The third-order valence-corrected chi connectivity index (χ3v) is 4.12. The van der Waals surface area contributed by atoms with E-state index in [2.05, 4.69) is 16.2 Å². The van der Waals surface area contributed by atoms with E-state index in [0.29, 0.717) is 5.75 Å². The van der Waals surface area contributed by atoms with Crippen molar-refractivity contribution in [3.63, 3.8) is 0 Å². The Kier molecular flexibility index (Phi) is 7.31. The van der Waals surface area contributed by atoms with E-state index in [0.717, 1.165) is 16.7 Å². The number of benzene rings is 2. The normalized spacial score (nSPS) is 11.2. The summed E-state index contributed by atoms with van der Waals surface area (Å²) in [6, 6.07) is 14.9. The summed E-state index contributed by atoms with van der Waals surface area (Å²) in [6.45, 7) is 5.61. The first-order valence-corrected chi connectivity index (χ1v) is 8.93. The highest BCUT2D eigenvalue weighted by Gasteiger charge is 2.15. The number of hydrazine groups is 1. The number of nitrogens with one attached hydrogen (secondary N) is 3. The molecule has 0 aliphatic heterocycles. The highest BCUT2D eigenvalue weighted by Crippen LogP contribution is 2.17. The summed E-state index contributed by atoms with van der Waals surface area (Å²) < 4.78 is 5.62. The smallest absolute Gasteiger partial charge is 0.279 e. The topological polar surface area (TPSA) is 79.5 Å². The highest BCUT2D eigenvalue weighted by atomic mass is 32.1. The highest BCUT2D eigenvalue weighted by molar-refractivity contribution is 7.80. The molecule has 2 rings (SSSR count). The van der Waals surface area contributed by atoms with Crippen molar-refractivity contribution in [2.24, 2.45) is 0 Å². The van der Waals surface area contributed by atoms with Crippen LogP contribution >= 0.6 is 12.2 Å². The van der Waals surface area contributed by atoms with Crippen LogP contribution in [-0.2, 0) is 16.0 Å². The lowest BCUT2D eigenvalue weighted by Crippen LogP contribution is -2.51. The molecule has 0 aliphatic carbocycles. The maximum Gasteiger partial charge on any atom is 0.279 e. The number of carbonyl (C=O) groups is 2. The Morgan fingerprint density at radius 3 is 2.41 bits per heavy atom. The molecule has 27 heavy (non-hydrogen) atoms. The van der Waals surface area contributed by atoms with Gasteiger partial charge in [-0.15, -0.1) is 0 Å². The molecule has 3 N–H and O–H groups in total. The van der Waals surface area contributed by atoms with Crippen molar-refractivity contribution < 1.29 is 14.3 Å². The molecule has 0 radical (unpaired) electrons. The molecule has 0 saturated carbocycles. The van der Waals surface area contributed by atoms with Crippen LogP contribution in [0.4, 0.5) is 0 Å². The number of rotatable bonds is 5. The van der Waals surface area contributed by atoms with E-state index < -0.39 is 12.0 Å². The Balaban J connectivity index is 1.75. The van der Waals surface area contributed by atoms with Crippen molar-refractivity contribution in [3.05, 3.63) is 65.2 Å². The van der Waals surface area contributed by atoms with Gasteiger partial charge in [-0.2, -0.15) is 0 Å². The standard InChI is InChI=1S/C20H23N3O3S/c1-13-9-10-17(11-14(13)2)26-15(3)19(25)22-23-20(27)21-18(24)12-16-7-5-4-6-8-16/h4-11,15H,12H2,1-3H3,(H,22,25)(H2,21,23,24,27). The Hall–Kier alpha value is -2.93. The maximum atomic E-state index is 12.1. The fourth-order valence-corrected chi connectivity index (χ4v) is 2.41. The number of hydrogen-bond acceptors (Lipinski definition) is 4. The first kappa shape index (κ1) is 20.4. The second kappa shape index (κ2) is 9.68. The Labute approximate surface area is 164 Å². The van der Waals surface area contributed by atoms with Crippen LogP contribution in [0.1, 0.15) is 23.6 Å². The van der Waals surface area contributed by atoms with Crippen LogP contribution in [-0.4, -0.2) is 23.0 Å². The molecule has 0 fully saturated rings. The first-order chi connectivity index (χ1) is 12.8. The maximum absolute atomic E-state index is 12.1. The largest absolute Gasteiger partial charge is 0.481 e. The van der Waals surface area contributed by atoms with Gasteiger partial charge in [0.25, 0.3) is 5.91 Å². The lowest BCUT2D eigenvalue weighted by Gasteiger charge is -2.17. The van der Waals surface area contributed by atoms with Crippen LogP contribution in [0.25, 0.3) is 0 Å². The number of amides is 2. The van der Waals surface area contributed by atoms with Crippen LogP contribution in [0.2, 0.25) is 0 Å². The summed E-state index contributed by atoms with van der Waals surface area (Å²) in [5.41, 5.74) is 8.04. The van der Waals surface area contributed by atoms with Crippen molar-refractivity contribution in [1.29, 1.82) is 0 Å². The molecular weight excluding hydrogens is 362 g/mol. The van der Waals surface area contributed by atoms with Gasteiger partial charge in [-0.1, -0.05) is 36.4 Å².